The molecule has 12 heteroatoms. The lowest BCUT2D eigenvalue weighted by atomic mass is 9.99. The molecule has 5 heterocycles. The van der Waals surface area contributed by atoms with Crippen molar-refractivity contribution in [3.8, 4) is 0 Å². The van der Waals surface area contributed by atoms with Crippen LogP contribution in [0.5, 0.6) is 0 Å². The molecule has 2 bridgehead atoms. The zero-order chi connectivity index (χ0) is 28.4. The molecular formula is C29H38N4O7S. The summed E-state index contributed by atoms with van der Waals surface area (Å²) in [4.78, 5) is 27.0. The molecule has 1 aromatic heterocycles. The average molecular weight is 587 g/mol. The summed E-state index contributed by atoms with van der Waals surface area (Å²) in [6, 6.07) is 10.8. The molecule has 4 atom stereocenters. The normalized spacial score (nSPS) is 27.2. The second-order valence-electron chi connectivity index (χ2n) is 11.7. The molecule has 11 nitrogen and oxygen atoms in total. The van der Waals surface area contributed by atoms with E-state index in [1.165, 1.54) is 0 Å². The van der Waals surface area contributed by atoms with Crippen LogP contribution in [0.1, 0.15) is 79.3 Å². The van der Waals surface area contributed by atoms with Gasteiger partial charge < -0.3 is 24.2 Å². The van der Waals surface area contributed by atoms with E-state index in [4.69, 9.17) is 14.0 Å². The highest BCUT2D eigenvalue weighted by Gasteiger charge is 2.47. The number of aromatic nitrogens is 1. The first-order valence-electron chi connectivity index (χ1n) is 14.7. The summed E-state index contributed by atoms with van der Waals surface area (Å²) in [6.07, 6.45) is 5.35. The molecule has 4 aliphatic rings. The van der Waals surface area contributed by atoms with Gasteiger partial charge in [-0.1, -0.05) is 35.5 Å². The summed E-state index contributed by atoms with van der Waals surface area (Å²) in [5.41, 5.74) is 1.16. The van der Waals surface area contributed by atoms with Gasteiger partial charge in [-0.05, 0) is 62.8 Å². The Bertz CT molecular complexity index is 1310. The van der Waals surface area contributed by atoms with Gasteiger partial charge in [-0.3, -0.25) is 4.79 Å². The molecule has 41 heavy (non-hydrogen) atoms. The number of sulfonamides is 1. The van der Waals surface area contributed by atoms with E-state index >= 15 is 0 Å². The number of fused-ring (bicyclic) bond motifs is 2. The SMILES string of the molecule is O=C(NC1C[C@H]2CC[C@@H](C1)N2S(=O)(=O)CC1CCN(C(=O)OCc2ccccc2)CC1)c1cc(C2CCCO2)on1. The minimum absolute atomic E-state index is 0.000192. The summed E-state index contributed by atoms with van der Waals surface area (Å²) in [5, 5.41) is 6.99. The number of piperidine rings is 2. The standard InChI is InChI=1S/C29H38N4O7S/c34-28(25-17-27(40-31-25)26-7-4-14-38-26)30-22-15-23-8-9-24(16-22)33(23)41(36,37)19-21-10-12-32(13-11-21)29(35)39-18-20-5-2-1-3-6-20/h1-3,5-6,17,21-24,26H,4,7-16,18-19H2,(H,30,34)/t22?,23-,24+,26?. The van der Waals surface area contributed by atoms with Crippen molar-refractivity contribution >= 4 is 22.0 Å². The number of hydrogen-bond acceptors (Lipinski definition) is 8. The van der Waals surface area contributed by atoms with Crippen LogP contribution in [0.3, 0.4) is 0 Å². The zero-order valence-corrected chi connectivity index (χ0v) is 24.0. The average Bonchev–Trinajstić information content (AvgIpc) is 3.73. The van der Waals surface area contributed by atoms with E-state index in [2.05, 4.69) is 10.5 Å². The number of carbonyl (C=O) groups is 2. The number of benzene rings is 1. The summed E-state index contributed by atoms with van der Waals surface area (Å²) >= 11 is 0. The van der Waals surface area contributed by atoms with Gasteiger partial charge in [0, 0.05) is 43.9 Å². The van der Waals surface area contributed by atoms with Crippen LogP contribution in [0, 0.1) is 5.92 Å². The minimum Gasteiger partial charge on any atom is -0.445 e. The molecular weight excluding hydrogens is 548 g/mol. The number of nitrogens with zero attached hydrogens (tertiary/aromatic N) is 3. The monoisotopic (exact) mass is 586 g/mol. The van der Waals surface area contributed by atoms with Gasteiger partial charge in [0.1, 0.15) is 12.7 Å². The Kier molecular flexibility index (Phi) is 8.32. The number of hydrogen-bond donors (Lipinski definition) is 1. The molecule has 6 rings (SSSR count). The molecule has 0 saturated carbocycles. The van der Waals surface area contributed by atoms with E-state index in [9.17, 15) is 18.0 Å². The Morgan fingerprint density at radius 3 is 2.44 bits per heavy atom. The van der Waals surface area contributed by atoms with Crippen molar-refractivity contribution in [2.24, 2.45) is 5.92 Å². The van der Waals surface area contributed by atoms with Gasteiger partial charge in [0.15, 0.2) is 11.5 Å². The van der Waals surface area contributed by atoms with Gasteiger partial charge in [-0.15, -0.1) is 0 Å². The number of amides is 2. The third-order valence-corrected chi connectivity index (χ3v) is 11.0. The number of carbonyl (C=O) groups excluding carboxylic acids is 2. The molecule has 2 aromatic rings. The topological polar surface area (TPSA) is 131 Å². The molecule has 0 aliphatic carbocycles. The second kappa shape index (κ2) is 12.1. The molecule has 222 valence electrons. The van der Waals surface area contributed by atoms with Crippen LogP contribution in [-0.4, -0.2) is 78.4 Å². The van der Waals surface area contributed by atoms with E-state index in [0.717, 1.165) is 31.2 Å². The van der Waals surface area contributed by atoms with E-state index in [-0.39, 0.29) is 60.2 Å². The highest BCUT2D eigenvalue weighted by Crippen LogP contribution is 2.39. The maximum Gasteiger partial charge on any atom is 0.410 e. The first kappa shape index (κ1) is 28.2. The maximum atomic E-state index is 13.6. The van der Waals surface area contributed by atoms with Crippen molar-refractivity contribution in [1.82, 2.24) is 19.7 Å². The fraction of sp³-hybridized carbons (Fsp3) is 0.621. The van der Waals surface area contributed by atoms with Crippen LogP contribution >= 0.6 is 0 Å². The van der Waals surface area contributed by atoms with Crippen LogP contribution in [0.25, 0.3) is 0 Å². The molecule has 4 saturated heterocycles. The number of likely N-dealkylation sites (tertiary alicyclic amines) is 1. The van der Waals surface area contributed by atoms with E-state index in [0.29, 0.717) is 51.1 Å². The van der Waals surface area contributed by atoms with Crippen molar-refractivity contribution in [3.05, 3.63) is 53.4 Å². The summed E-state index contributed by atoms with van der Waals surface area (Å²) in [6.45, 7) is 1.89. The molecule has 0 spiro atoms. The zero-order valence-electron chi connectivity index (χ0n) is 23.2. The van der Waals surface area contributed by atoms with Crippen LogP contribution in [0.2, 0.25) is 0 Å². The van der Waals surface area contributed by atoms with Gasteiger partial charge in [0.25, 0.3) is 5.91 Å². The second-order valence-corrected chi connectivity index (χ2v) is 13.6. The summed E-state index contributed by atoms with van der Waals surface area (Å²) in [5.74, 6) is 0.367. The quantitative estimate of drug-likeness (QED) is 0.496. The Morgan fingerprint density at radius 1 is 1.02 bits per heavy atom. The van der Waals surface area contributed by atoms with Gasteiger partial charge in [-0.25, -0.2) is 13.2 Å². The largest absolute Gasteiger partial charge is 0.445 e. The van der Waals surface area contributed by atoms with Crippen molar-refractivity contribution in [3.63, 3.8) is 0 Å². The number of rotatable bonds is 8. The first-order chi connectivity index (χ1) is 19.9. The highest BCUT2D eigenvalue weighted by molar-refractivity contribution is 7.89. The van der Waals surface area contributed by atoms with E-state index in [1.54, 1.807) is 15.3 Å². The lowest BCUT2D eigenvalue weighted by Crippen LogP contribution is -2.53. The van der Waals surface area contributed by atoms with Gasteiger partial charge in [-0.2, -0.15) is 4.31 Å². The molecule has 0 radical (unpaired) electrons. The predicted molar refractivity (Wildman–Crippen MR) is 148 cm³/mol. The summed E-state index contributed by atoms with van der Waals surface area (Å²) < 4.78 is 45.3. The van der Waals surface area contributed by atoms with Crippen molar-refractivity contribution in [2.75, 3.05) is 25.4 Å². The van der Waals surface area contributed by atoms with Gasteiger partial charge in [0.05, 0.1) is 5.75 Å². The molecule has 1 aromatic carbocycles. The number of ether oxygens (including phenoxy) is 2. The van der Waals surface area contributed by atoms with Gasteiger partial charge in [0.2, 0.25) is 10.0 Å². The van der Waals surface area contributed by atoms with Crippen LogP contribution < -0.4 is 5.32 Å². The molecule has 4 fully saturated rings. The third kappa shape index (κ3) is 6.44. The van der Waals surface area contributed by atoms with E-state index < -0.39 is 10.0 Å². The fourth-order valence-corrected chi connectivity index (χ4v) is 9.18. The van der Waals surface area contributed by atoms with Crippen molar-refractivity contribution < 1.29 is 32.0 Å². The Balaban J connectivity index is 0.975. The lowest BCUT2D eigenvalue weighted by Gasteiger charge is -2.39. The minimum atomic E-state index is -3.47. The lowest BCUT2D eigenvalue weighted by molar-refractivity contribution is 0.0838. The molecule has 4 aliphatic heterocycles. The maximum absolute atomic E-state index is 13.6. The fourth-order valence-electron chi connectivity index (χ4n) is 6.79. The molecule has 1 N–H and O–H groups in total. The number of nitrogens with one attached hydrogen (secondary N) is 1. The third-order valence-electron chi connectivity index (χ3n) is 8.85. The molecule has 2 amide bonds. The van der Waals surface area contributed by atoms with Gasteiger partial charge >= 0.3 is 6.09 Å². The predicted octanol–water partition coefficient (Wildman–Crippen LogP) is 3.63. The van der Waals surface area contributed by atoms with Crippen molar-refractivity contribution in [1.29, 1.82) is 0 Å². The highest BCUT2D eigenvalue weighted by atomic mass is 32.2. The van der Waals surface area contributed by atoms with Crippen LogP contribution in [0.15, 0.2) is 40.9 Å². The van der Waals surface area contributed by atoms with E-state index in [1.807, 2.05) is 30.3 Å². The smallest absolute Gasteiger partial charge is 0.410 e. The van der Waals surface area contributed by atoms with Crippen LogP contribution in [-0.2, 0) is 26.1 Å². The van der Waals surface area contributed by atoms with Crippen molar-refractivity contribution in [2.45, 2.75) is 82.2 Å². The Hall–Kier alpha value is -2.96. The molecule has 2 unspecified atom stereocenters. The first-order valence-corrected chi connectivity index (χ1v) is 16.3. The summed E-state index contributed by atoms with van der Waals surface area (Å²) in [7, 11) is -3.47. The van der Waals surface area contributed by atoms with Crippen LogP contribution in [0.4, 0.5) is 4.79 Å². The Morgan fingerprint density at radius 2 is 1.76 bits per heavy atom. The Labute approximate surface area is 240 Å².